The van der Waals surface area contributed by atoms with Crippen LogP contribution in [0.1, 0.15) is 6.42 Å². The van der Waals surface area contributed by atoms with Crippen molar-refractivity contribution in [1.29, 1.82) is 5.26 Å². The number of carbonyl (C=O) groups excluding carboxylic acids is 1. The third kappa shape index (κ3) is 2.97. The van der Waals surface area contributed by atoms with Gasteiger partial charge in [-0.05, 0) is 12.5 Å². The number of fused-ring (bicyclic) bond motifs is 2. The molecule has 3 unspecified atom stereocenters. The quantitative estimate of drug-likeness (QED) is 0.693. The number of hydrogen-bond acceptors (Lipinski definition) is 6. The molecule has 140 valence electrons. The van der Waals surface area contributed by atoms with E-state index < -0.39 is 6.04 Å². The summed E-state index contributed by atoms with van der Waals surface area (Å²) in [6.45, 7) is 0. The van der Waals surface area contributed by atoms with E-state index in [1.807, 2.05) is 65.6 Å². The first kappa shape index (κ1) is 17.3. The molecule has 3 atom stereocenters. The van der Waals surface area contributed by atoms with E-state index in [4.69, 9.17) is 9.97 Å². The van der Waals surface area contributed by atoms with Crippen molar-refractivity contribution in [2.45, 2.75) is 18.5 Å². The Labute approximate surface area is 168 Å². The maximum atomic E-state index is 12.5. The van der Waals surface area contributed by atoms with Gasteiger partial charge in [0.05, 0.1) is 24.1 Å². The minimum absolute atomic E-state index is 0.0121. The van der Waals surface area contributed by atoms with E-state index in [1.165, 1.54) is 0 Å². The second-order valence-corrected chi connectivity index (χ2v) is 7.16. The van der Waals surface area contributed by atoms with E-state index in [2.05, 4.69) is 11.1 Å². The Morgan fingerprint density at radius 1 is 0.897 bits per heavy atom. The predicted molar refractivity (Wildman–Crippen MR) is 109 cm³/mol. The van der Waals surface area contributed by atoms with Gasteiger partial charge in [0.15, 0.2) is 17.4 Å². The first-order valence-electron chi connectivity index (χ1n) is 9.51. The first-order valence-corrected chi connectivity index (χ1v) is 9.51. The molecule has 6 nitrogen and oxygen atoms in total. The molecule has 2 aromatic carbocycles. The average Bonchev–Trinajstić information content (AvgIpc) is 3.08. The number of rotatable bonds is 3. The monoisotopic (exact) mass is 379 g/mol. The summed E-state index contributed by atoms with van der Waals surface area (Å²) in [4.78, 5) is 28.5. The number of ketones is 1. The molecule has 5 rings (SSSR count). The highest BCUT2D eigenvalue weighted by Gasteiger charge is 2.47. The minimum atomic E-state index is -0.413. The summed E-state index contributed by atoms with van der Waals surface area (Å²) < 4.78 is 0. The van der Waals surface area contributed by atoms with E-state index in [9.17, 15) is 10.1 Å². The molecular weight excluding hydrogens is 362 g/mol. The van der Waals surface area contributed by atoms with E-state index in [1.54, 1.807) is 12.2 Å². The zero-order valence-electron chi connectivity index (χ0n) is 15.5. The number of carbonyl (C=O) groups is 1. The van der Waals surface area contributed by atoms with Gasteiger partial charge in [-0.2, -0.15) is 15.2 Å². The standard InChI is InChI=1S/C23H17N5O/c24-14-17-13-19-20(29)12-11-18(17)28(19)23-26-21(15-7-3-1-4-8-15)25-22(27-23)16-9-5-2-6-10-16/h1-12,17-19H,13H2. The van der Waals surface area contributed by atoms with Gasteiger partial charge >= 0.3 is 0 Å². The molecule has 2 aliphatic heterocycles. The molecule has 3 aromatic rings. The highest BCUT2D eigenvalue weighted by molar-refractivity contribution is 5.99. The summed E-state index contributed by atoms with van der Waals surface area (Å²) in [5, 5.41) is 9.55. The van der Waals surface area contributed by atoms with Crippen molar-refractivity contribution in [3.8, 4) is 28.8 Å². The van der Waals surface area contributed by atoms with E-state index in [0.29, 0.717) is 24.0 Å². The topological polar surface area (TPSA) is 82.8 Å². The Hall–Kier alpha value is -3.85. The van der Waals surface area contributed by atoms with Crippen LogP contribution < -0.4 is 4.90 Å². The Morgan fingerprint density at radius 3 is 2.03 bits per heavy atom. The molecule has 6 heteroatoms. The molecule has 1 aromatic heterocycles. The lowest BCUT2D eigenvalue weighted by Crippen LogP contribution is -2.44. The maximum Gasteiger partial charge on any atom is 0.230 e. The highest BCUT2D eigenvalue weighted by Crippen LogP contribution is 2.37. The first-order chi connectivity index (χ1) is 14.2. The average molecular weight is 379 g/mol. The second-order valence-electron chi connectivity index (χ2n) is 7.16. The Kier molecular flexibility index (Phi) is 4.14. The van der Waals surface area contributed by atoms with Crippen LogP contribution in [-0.2, 0) is 4.79 Å². The Bertz CT molecular complexity index is 1080. The summed E-state index contributed by atoms with van der Waals surface area (Å²) in [5.74, 6) is 1.25. The van der Waals surface area contributed by atoms with Crippen LogP contribution in [0.2, 0.25) is 0 Å². The largest absolute Gasteiger partial charge is 0.322 e. The third-order valence-electron chi connectivity index (χ3n) is 5.42. The van der Waals surface area contributed by atoms with Crippen molar-refractivity contribution >= 4 is 11.7 Å². The minimum Gasteiger partial charge on any atom is -0.322 e. The lowest BCUT2D eigenvalue weighted by molar-refractivity contribution is -0.115. The van der Waals surface area contributed by atoms with Crippen molar-refractivity contribution < 1.29 is 4.79 Å². The van der Waals surface area contributed by atoms with Crippen molar-refractivity contribution in [1.82, 2.24) is 15.0 Å². The van der Waals surface area contributed by atoms with Crippen LogP contribution in [-0.4, -0.2) is 32.8 Å². The van der Waals surface area contributed by atoms with E-state index in [-0.39, 0.29) is 17.7 Å². The molecule has 0 amide bonds. The lowest BCUT2D eigenvalue weighted by atomic mass is 10.0. The number of benzene rings is 2. The molecule has 29 heavy (non-hydrogen) atoms. The molecule has 1 saturated heterocycles. The fourth-order valence-electron chi connectivity index (χ4n) is 3.99. The molecule has 2 aliphatic rings. The van der Waals surface area contributed by atoms with Gasteiger partial charge in [-0.25, -0.2) is 4.98 Å². The van der Waals surface area contributed by atoms with Gasteiger partial charge in [0.2, 0.25) is 5.95 Å². The Balaban J connectivity index is 1.68. The molecule has 0 spiro atoms. The number of hydrogen-bond donors (Lipinski definition) is 0. The second kappa shape index (κ2) is 6.95. The fourth-order valence-corrected chi connectivity index (χ4v) is 3.99. The molecule has 0 saturated carbocycles. The molecule has 3 heterocycles. The van der Waals surface area contributed by atoms with Crippen LogP contribution in [0.15, 0.2) is 72.8 Å². The molecule has 1 fully saturated rings. The Morgan fingerprint density at radius 2 is 1.48 bits per heavy atom. The van der Waals surface area contributed by atoms with Gasteiger partial charge in [0.1, 0.15) is 0 Å². The van der Waals surface area contributed by atoms with Crippen LogP contribution in [0, 0.1) is 17.2 Å². The number of nitriles is 1. The lowest BCUT2D eigenvalue weighted by Gasteiger charge is -2.31. The van der Waals surface area contributed by atoms with Crippen molar-refractivity contribution in [2.75, 3.05) is 4.90 Å². The summed E-state index contributed by atoms with van der Waals surface area (Å²) in [6, 6.07) is 21.1. The van der Waals surface area contributed by atoms with Gasteiger partial charge in [0.25, 0.3) is 0 Å². The van der Waals surface area contributed by atoms with Crippen LogP contribution in [0.4, 0.5) is 5.95 Å². The number of aromatic nitrogens is 3. The molecular formula is C23H17N5O. The summed E-state index contributed by atoms with van der Waals surface area (Å²) in [6.07, 6.45) is 3.87. The smallest absolute Gasteiger partial charge is 0.230 e. The van der Waals surface area contributed by atoms with Crippen molar-refractivity contribution in [2.24, 2.45) is 5.92 Å². The van der Waals surface area contributed by atoms with E-state index in [0.717, 1.165) is 11.1 Å². The molecule has 2 bridgehead atoms. The molecule has 0 N–H and O–H groups in total. The van der Waals surface area contributed by atoms with Crippen LogP contribution in [0.25, 0.3) is 22.8 Å². The van der Waals surface area contributed by atoms with Gasteiger partial charge in [-0.15, -0.1) is 0 Å². The summed E-state index contributed by atoms with van der Waals surface area (Å²) in [5.41, 5.74) is 1.74. The maximum absolute atomic E-state index is 12.5. The van der Waals surface area contributed by atoms with E-state index >= 15 is 0 Å². The van der Waals surface area contributed by atoms with Gasteiger partial charge in [-0.1, -0.05) is 66.7 Å². The fraction of sp³-hybridized carbons (Fsp3) is 0.174. The molecule has 0 aliphatic carbocycles. The number of nitrogens with zero attached hydrogens (tertiary/aromatic N) is 5. The van der Waals surface area contributed by atoms with Crippen LogP contribution >= 0.6 is 0 Å². The van der Waals surface area contributed by atoms with Crippen LogP contribution in [0.3, 0.4) is 0 Å². The highest BCUT2D eigenvalue weighted by atomic mass is 16.1. The van der Waals surface area contributed by atoms with Gasteiger partial charge < -0.3 is 4.90 Å². The predicted octanol–water partition coefficient (Wildman–Crippen LogP) is 3.43. The SMILES string of the molecule is N#CC1CC2C(=O)C=CC1N2c1nc(-c2ccccc2)nc(-c2ccccc2)n1. The number of anilines is 1. The van der Waals surface area contributed by atoms with Gasteiger partial charge in [0, 0.05) is 11.1 Å². The molecule has 0 radical (unpaired) electrons. The zero-order valence-corrected chi connectivity index (χ0v) is 15.5. The normalized spacial score (nSPS) is 22.5. The van der Waals surface area contributed by atoms with Crippen molar-refractivity contribution in [3.05, 3.63) is 72.8 Å². The summed E-state index contributed by atoms with van der Waals surface area (Å²) >= 11 is 0. The van der Waals surface area contributed by atoms with Gasteiger partial charge in [-0.3, -0.25) is 4.79 Å². The zero-order chi connectivity index (χ0) is 19.8. The van der Waals surface area contributed by atoms with Crippen LogP contribution in [0.5, 0.6) is 0 Å². The van der Waals surface area contributed by atoms with Crippen molar-refractivity contribution in [3.63, 3.8) is 0 Å². The summed E-state index contributed by atoms with van der Waals surface area (Å²) in [7, 11) is 0. The third-order valence-corrected chi connectivity index (χ3v) is 5.42.